The van der Waals surface area contributed by atoms with Gasteiger partial charge < -0.3 is 0 Å². The molecule has 3 heteroatoms. The molecule has 0 aliphatic heterocycles. The summed E-state index contributed by atoms with van der Waals surface area (Å²) in [6.07, 6.45) is 2.10. The molecule has 0 saturated heterocycles. The van der Waals surface area contributed by atoms with Gasteiger partial charge in [-0.1, -0.05) is 49.7 Å². The number of hydrogen-bond donors (Lipinski definition) is 0. The van der Waals surface area contributed by atoms with Crippen molar-refractivity contribution in [1.82, 2.24) is 0 Å². The van der Waals surface area contributed by atoms with Crippen LogP contribution in [0.15, 0.2) is 36.4 Å². The molecule has 0 N–H and O–H groups in total. The second-order valence-corrected chi connectivity index (χ2v) is 6.78. The van der Waals surface area contributed by atoms with Crippen LogP contribution in [-0.2, 0) is 12.8 Å². The molecule has 0 aliphatic rings. The summed E-state index contributed by atoms with van der Waals surface area (Å²) in [5.74, 6) is 0. The third kappa shape index (κ3) is 3.49. The first-order valence-electron chi connectivity index (χ1n) is 6.77. The number of alkyl halides is 1. The number of aryl methyl sites for hydroxylation is 2. The van der Waals surface area contributed by atoms with E-state index in [-0.39, 0.29) is 5.38 Å². The van der Waals surface area contributed by atoms with E-state index in [0.29, 0.717) is 0 Å². The Hall–Kier alpha value is -0.250. The lowest BCUT2D eigenvalue weighted by Crippen LogP contribution is -1.98. The highest BCUT2D eigenvalue weighted by molar-refractivity contribution is 14.1. The molecule has 0 heterocycles. The van der Waals surface area contributed by atoms with E-state index in [0.717, 1.165) is 32.6 Å². The monoisotopic (exact) mass is 418 g/mol. The zero-order valence-electron chi connectivity index (χ0n) is 11.6. The summed E-state index contributed by atoms with van der Waals surface area (Å²) in [6, 6.07) is 12.6. The lowest BCUT2D eigenvalue weighted by Gasteiger charge is -2.14. The van der Waals surface area contributed by atoms with Gasteiger partial charge in [0.1, 0.15) is 0 Å². The molecule has 0 amide bonds. The quantitative estimate of drug-likeness (QED) is 0.398. The van der Waals surface area contributed by atoms with E-state index < -0.39 is 0 Å². The minimum atomic E-state index is -0.152. The molecule has 106 valence electrons. The topological polar surface area (TPSA) is 0 Å². The van der Waals surface area contributed by atoms with E-state index in [1.54, 1.807) is 0 Å². The lowest BCUT2D eigenvalue weighted by molar-refractivity contribution is 1.02. The Kier molecular flexibility index (Phi) is 5.76. The number of halogens is 3. The fraction of sp³-hybridized carbons (Fsp3) is 0.294. The highest BCUT2D eigenvalue weighted by Gasteiger charge is 2.13. The van der Waals surface area contributed by atoms with Crippen LogP contribution in [0.4, 0.5) is 0 Å². The van der Waals surface area contributed by atoms with Crippen molar-refractivity contribution in [2.75, 3.05) is 0 Å². The number of hydrogen-bond acceptors (Lipinski definition) is 0. The van der Waals surface area contributed by atoms with Crippen molar-refractivity contribution < 1.29 is 0 Å². The van der Waals surface area contributed by atoms with Crippen molar-refractivity contribution in [1.29, 1.82) is 0 Å². The van der Waals surface area contributed by atoms with Crippen LogP contribution in [0.25, 0.3) is 0 Å². The fourth-order valence-electron chi connectivity index (χ4n) is 2.34. The SMILES string of the molecule is CCc1ccc(C(Cl)c2ccc(I)c(Cl)c2)cc1CC. The summed E-state index contributed by atoms with van der Waals surface area (Å²) in [4.78, 5) is 0. The molecular weight excluding hydrogens is 402 g/mol. The normalized spacial score (nSPS) is 12.4. The Morgan fingerprint density at radius 1 is 0.950 bits per heavy atom. The maximum Gasteiger partial charge on any atom is 0.0836 e. The van der Waals surface area contributed by atoms with Gasteiger partial charge in [0.15, 0.2) is 0 Å². The lowest BCUT2D eigenvalue weighted by atomic mass is 9.96. The van der Waals surface area contributed by atoms with Crippen molar-refractivity contribution >= 4 is 45.8 Å². The van der Waals surface area contributed by atoms with Crippen molar-refractivity contribution in [3.8, 4) is 0 Å². The van der Waals surface area contributed by atoms with Crippen LogP contribution in [0.3, 0.4) is 0 Å². The molecule has 0 aliphatic carbocycles. The van der Waals surface area contributed by atoms with Gasteiger partial charge in [-0.05, 0) is 69.8 Å². The number of rotatable bonds is 4. The van der Waals surface area contributed by atoms with Crippen molar-refractivity contribution in [2.24, 2.45) is 0 Å². The van der Waals surface area contributed by atoms with E-state index in [2.05, 4.69) is 54.6 Å². The van der Waals surface area contributed by atoms with Gasteiger partial charge >= 0.3 is 0 Å². The molecule has 0 saturated carbocycles. The van der Waals surface area contributed by atoms with E-state index in [1.807, 2.05) is 18.2 Å². The first-order chi connectivity index (χ1) is 9.56. The van der Waals surface area contributed by atoms with E-state index in [9.17, 15) is 0 Å². The molecule has 0 fully saturated rings. The summed E-state index contributed by atoms with van der Waals surface area (Å²) < 4.78 is 1.05. The number of benzene rings is 2. The highest BCUT2D eigenvalue weighted by Crippen LogP contribution is 2.33. The van der Waals surface area contributed by atoms with Gasteiger partial charge in [-0.3, -0.25) is 0 Å². The highest BCUT2D eigenvalue weighted by atomic mass is 127. The molecule has 0 aromatic heterocycles. The van der Waals surface area contributed by atoms with E-state index in [1.165, 1.54) is 11.1 Å². The third-order valence-electron chi connectivity index (χ3n) is 3.52. The van der Waals surface area contributed by atoms with E-state index in [4.69, 9.17) is 23.2 Å². The summed E-state index contributed by atoms with van der Waals surface area (Å²) in [5.41, 5.74) is 4.97. The van der Waals surface area contributed by atoms with Gasteiger partial charge in [0.25, 0.3) is 0 Å². The van der Waals surface area contributed by atoms with Crippen molar-refractivity contribution in [3.63, 3.8) is 0 Å². The summed E-state index contributed by atoms with van der Waals surface area (Å²) in [7, 11) is 0. The third-order valence-corrected chi connectivity index (χ3v) is 5.60. The Labute approximate surface area is 144 Å². The van der Waals surface area contributed by atoms with Crippen molar-refractivity contribution in [3.05, 3.63) is 67.2 Å². The predicted octanol–water partition coefficient (Wildman–Crippen LogP) is 6.40. The Morgan fingerprint density at radius 2 is 1.55 bits per heavy atom. The summed E-state index contributed by atoms with van der Waals surface area (Å²) in [6.45, 7) is 4.37. The molecular formula is C17H17Cl2I. The Morgan fingerprint density at radius 3 is 2.15 bits per heavy atom. The zero-order valence-corrected chi connectivity index (χ0v) is 15.3. The second kappa shape index (κ2) is 7.15. The molecule has 1 unspecified atom stereocenters. The molecule has 20 heavy (non-hydrogen) atoms. The second-order valence-electron chi connectivity index (χ2n) is 4.77. The Bertz CT molecular complexity index is 608. The summed E-state index contributed by atoms with van der Waals surface area (Å²) >= 11 is 15.0. The molecule has 0 nitrogen and oxygen atoms in total. The van der Waals surface area contributed by atoms with Crippen LogP contribution in [0.2, 0.25) is 5.02 Å². The largest absolute Gasteiger partial charge is 0.113 e. The average molecular weight is 419 g/mol. The van der Waals surface area contributed by atoms with Gasteiger partial charge in [-0.25, -0.2) is 0 Å². The maximum absolute atomic E-state index is 6.62. The van der Waals surface area contributed by atoms with Crippen LogP contribution >= 0.6 is 45.8 Å². The molecule has 2 rings (SSSR count). The summed E-state index contributed by atoms with van der Waals surface area (Å²) in [5, 5.41) is 0.607. The maximum atomic E-state index is 6.62. The van der Waals surface area contributed by atoms with Gasteiger partial charge in [0.2, 0.25) is 0 Å². The standard InChI is InChI=1S/C17H17Cl2I/c1-3-11-5-6-13(9-12(11)4-2)17(19)14-7-8-16(20)15(18)10-14/h5-10,17H,3-4H2,1-2H3. The van der Waals surface area contributed by atoms with Gasteiger partial charge in [-0.2, -0.15) is 0 Å². The van der Waals surface area contributed by atoms with Gasteiger partial charge in [-0.15, -0.1) is 11.6 Å². The van der Waals surface area contributed by atoms with Gasteiger partial charge in [0.05, 0.1) is 10.4 Å². The molecule has 2 aromatic rings. The predicted molar refractivity (Wildman–Crippen MR) is 97.1 cm³/mol. The first-order valence-corrected chi connectivity index (χ1v) is 8.66. The molecule has 0 bridgehead atoms. The van der Waals surface area contributed by atoms with Crippen LogP contribution < -0.4 is 0 Å². The molecule has 0 radical (unpaired) electrons. The van der Waals surface area contributed by atoms with Crippen LogP contribution in [0.1, 0.15) is 41.5 Å². The minimum absolute atomic E-state index is 0.152. The van der Waals surface area contributed by atoms with Crippen LogP contribution in [0.5, 0.6) is 0 Å². The molecule has 2 aromatic carbocycles. The average Bonchev–Trinajstić information content (AvgIpc) is 2.48. The Balaban J connectivity index is 2.37. The molecule has 0 spiro atoms. The van der Waals surface area contributed by atoms with Crippen LogP contribution in [-0.4, -0.2) is 0 Å². The van der Waals surface area contributed by atoms with E-state index >= 15 is 0 Å². The molecule has 1 atom stereocenters. The minimum Gasteiger partial charge on any atom is -0.113 e. The fourth-order valence-corrected chi connectivity index (χ4v) is 3.14. The first kappa shape index (κ1) is 16.1. The smallest absolute Gasteiger partial charge is 0.0836 e. The van der Waals surface area contributed by atoms with Gasteiger partial charge in [0, 0.05) is 3.57 Å². The van der Waals surface area contributed by atoms with Crippen molar-refractivity contribution in [2.45, 2.75) is 32.1 Å². The zero-order chi connectivity index (χ0) is 14.7. The van der Waals surface area contributed by atoms with Crippen LogP contribution in [0, 0.1) is 3.57 Å².